The van der Waals surface area contributed by atoms with Gasteiger partial charge in [-0.05, 0) is 31.5 Å². The molecule has 2 rings (SSSR count). The van der Waals surface area contributed by atoms with Crippen LogP contribution in [-0.2, 0) is 10.3 Å². The van der Waals surface area contributed by atoms with E-state index in [0.717, 1.165) is 5.56 Å². The molecule has 19 heavy (non-hydrogen) atoms. The smallest absolute Gasteiger partial charge is 0.124 e. The first-order valence-corrected chi connectivity index (χ1v) is 6.66. The molecule has 1 aromatic rings. The summed E-state index contributed by atoms with van der Waals surface area (Å²) in [5.41, 5.74) is 0.232. The minimum atomic E-state index is -0.400. The van der Waals surface area contributed by atoms with Crippen LogP contribution in [0.25, 0.3) is 0 Å². The van der Waals surface area contributed by atoms with E-state index in [1.165, 1.54) is 12.1 Å². The van der Waals surface area contributed by atoms with Gasteiger partial charge in [0.1, 0.15) is 5.82 Å². The van der Waals surface area contributed by atoms with Crippen LogP contribution >= 0.6 is 11.6 Å². The maximum atomic E-state index is 13.1. The fraction of sp³-hybridized carbons (Fsp3) is 0.571. The number of halogens is 2. The maximum Gasteiger partial charge on any atom is 0.124 e. The molecule has 2 N–H and O–H groups in total. The van der Waals surface area contributed by atoms with Gasteiger partial charge in [0.25, 0.3) is 0 Å². The predicted octanol–water partition coefficient (Wildman–Crippen LogP) is 2.31. The van der Waals surface area contributed by atoms with Gasteiger partial charge in [0.15, 0.2) is 0 Å². The van der Waals surface area contributed by atoms with Crippen LogP contribution in [0.4, 0.5) is 4.39 Å². The number of aliphatic hydroxyl groups is 1. The van der Waals surface area contributed by atoms with Gasteiger partial charge in [-0.2, -0.15) is 0 Å². The number of nitrogens with one attached hydrogen (secondary N) is 1. The van der Waals surface area contributed by atoms with Crippen molar-refractivity contribution in [3.63, 3.8) is 0 Å². The molecule has 0 amide bonds. The maximum absolute atomic E-state index is 13.1. The largest absolute Gasteiger partial charge is 0.396 e. The molecule has 0 saturated carbocycles. The molecule has 1 heterocycles. The molecule has 0 atom stereocenters. The first kappa shape index (κ1) is 14.7. The summed E-state index contributed by atoms with van der Waals surface area (Å²) in [6.45, 7) is 5.80. The van der Waals surface area contributed by atoms with Crippen LogP contribution in [0.1, 0.15) is 19.4 Å². The second kappa shape index (κ2) is 5.37. The van der Waals surface area contributed by atoms with Crippen LogP contribution in [0.15, 0.2) is 18.2 Å². The summed E-state index contributed by atoms with van der Waals surface area (Å²) in [5.74, 6) is -0.344. The molecule has 5 heteroatoms. The zero-order chi connectivity index (χ0) is 14.1. The van der Waals surface area contributed by atoms with E-state index in [9.17, 15) is 9.50 Å². The van der Waals surface area contributed by atoms with Gasteiger partial charge in [0.2, 0.25) is 0 Å². The molecule has 0 spiro atoms. The number of benzene rings is 1. The highest BCUT2D eigenvalue weighted by Crippen LogP contribution is 2.31. The third-order valence-electron chi connectivity index (χ3n) is 3.66. The Morgan fingerprint density at radius 2 is 2.16 bits per heavy atom. The van der Waals surface area contributed by atoms with E-state index in [0.29, 0.717) is 24.8 Å². The van der Waals surface area contributed by atoms with Crippen LogP contribution in [0.5, 0.6) is 0 Å². The Morgan fingerprint density at radius 1 is 1.47 bits per heavy atom. The molecule has 1 aliphatic rings. The molecule has 0 aromatic heterocycles. The summed E-state index contributed by atoms with van der Waals surface area (Å²) in [5, 5.41) is 13.2. The molecule has 0 unspecified atom stereocenters. The number of hydrogen-bond acceptors (Lipinski definition) is 3. The Bertz CT molecular complexity index is 455. The summed E-state index contributed by atoms with van der Waals surface area (Å²) < 4.78 is 18.2. The third-order valence-corrected chi connectivity index (χ3v) is 3.97. The molecular weight excluding hydrogens is 269 g/mol. The SMILES string of the molecule is CC(C)(NCC1(CO)COC1)c1ccc(F)cc1Cl. The van der Waals surface area contributed by atoms with Gasteiger partial charge in [-0.1, -0.05) is 17.7 Å². The highest BCUT2D eigenvalue weighted by atomic mass is 35.5. The minimum Gasteiger partial charge on any atom is -0.396 e. The van der Waals surface area contributed by atoms with Gasteiger partial charge in [-0.3, -0.25) is 0 Å². The lowest BCUT2D eigenvalue weighted by atomic mass is 9.85. The average Bonchev–Trinajstić information content (AvgIpc) is 2.27. The first-order valence-electron chi connectivity index (χ1n) is 6.28. The van der Waals surface area contributed by atoms with Crippen molar-refractivity contribution in [1.82, 2.24) is 5.32 Å². The second-order valence-electron chi connectivity index (χ2n) is 5.75. The van der Waals surface area contributed by atoms with Crippen LogP contribution in [0, 0.1) is 11.2 Å². The average molecular weight is 288 g/mol. The normalized spacial score (nSPS) is 18.2. The monoisotopic (exact) mass is 287 g/mol. The minimum absolute atomic E-state index is 0.0905. The number of ether oxygens (including phenoxy) is 1. The van der Waals surface area contributed by atoms with E-state index >= 15 is 0 Å². The van der Waals surface area contributed by atoms with E-state index < -0.39 is 5.54 Å². The second-order valence-corrected chi connectivity index (χ2v) is 6.16. The Kier molecular flexibility index (Phi) is 4.16. The summed E-state index contributed by atoms with van der Waals surface area (Å²) in [6, 6.07) is 4.40. The zero-order valence-electron chi connectivity index (χ0n) is 11.2. The summed E-state index contributed by atoms with van der Waals surface area (Å²) in [4.78, 5) is 0. The third kappa shape index (κ3) is 3.08. The van der Waals surface area contributed by atoms with Gasteiger partial charge in [0.05, 0.1) is 25.2 Å². The lowest BCUT2D eigenvalue weighted by Crippen LogP contribution is -2.55. The molecule has 0 bridgehead atoms. The molecule has 1 saturated heterocycles. The quantitative estimate of drug-likeness (QED) is 0.873. The van der Waals surface area contributed by atoms with Crippen molar-refractivity contribution in [2.75, 3.05) is 26.4 Å². The fourth-order valence-electron chi connectivity index (χ4n) is 2.14. The van der Waals surface area contributed by atoms with Crippen molar-refractivity contribution in [2.24, 2.45) is 5.41 Å². The zero-order valence-corrected chi connectivity index (χ0v) is 11.9. The molecule has 3 nitrogen and oxygen atoms in total. The van der Waals surface area contributed by atoms with Crippen molar-refractivity contribution >= 4 is 11.6 Å². The Hall–Kier alpha value is -0.680. The van der Waals surface area contributed by atoms with E-state index in [1.54, 1.807) is 6.07 Å². The van der Waals surface area contributed by atoms with Crippen LogP contribution < -0.4 is 5.32 Å². The lowest BCUT2D eigenvalue weighted by molar-refractivity contribution is -0.136. The number of rotatable bonds is 5. The molecule has 0 aliphatic carbocycles. The van der Waals surface area contributed by atoms with E-state index in [-0.39, 0.29) is 17.8 Å². The molecule has 1 aliphatic heterocycles. The molecule has 106 valence electrons. The van der Waals surface area contributed by atoms with E-state index in [4.69, 9.17) is 16.3 Å². The Labute approximate surface area is 117 Å². The highest BCUT2D eigenvalue weighted by molar-refractivity contribution is 6.31. The summed E-state index contributed by atoms with van der Waals surface area (Å²) in [7, 11) is 0. The van der Waals surface area contributed by atoms with Gasteiger partial charge in [-0.25, -0.2) is 4.39 Å². The van der Waals surface area contributed by atoms with Crippen molar-refractivity contribution in [3.05, 3.63) is 34.6 Å². The van der Waals surface area contributed by atoms with Gasteiger partial charge < -0.3 is 15.2 Å². The predicted molar refractivity (Wildman–Crippen MR) is 72.8 cm³/mol. The summed E-state index contributed by atoms with van der Waals surface area (Å²) in [6.07, 6.45) is 0. The topological polar surface area (TPSA) is 41.5 Å². The Morgan fingerprint density at radius 3 is 2.63 bits per heavy atom. The molecule has 1 aromatic carbocycles. The number of hydrogen-bond donors (Lipinski definition) is 2. The van der Waals surface area contributed by atoms with Crippen molar-refractivity contribution in [2.45, 2.75) is 19.4 Å². The summed E-state index contributed by atoms with van der Waals surface area (Å²) >= 11 is 6.09. The van der Waals surface area contributed by atoms with Crippen molar-refractivity contribution in [3.8, 4) is 0 Å². The van der Waals surface area contributed by atoms with E-state index in [1.807, 2.05) is 13.8 Å². The fourth-order valence-corrected chi connectivity index (χ4v) is 2.54. The molecule has 1 fully saturated rings. The highest BCUT2D eigenvalue weighted by Gasteiger charge is 2.39. The van der Waals surface area contributed by atoms with E-state index in [2.05, 4.69) is 5.32 Å². The van der Waals surface area contributed by atoms with Gasteiger partial charge >= 0.3 is 0 Å². The lowest BCUT2D eigenvalue weighted by Gasteiger charge is -2.42. The number of aliphatic hydroxyl groups excluding tert-OH is 1. The van der Waals surface area contributed by atoms with Crippen molar-refractivity contribution in [1.29, 1.82) is 0 Å². The van der Waals surface area contributed by atoms with Crippen LogP contribution in [0.2, 0.25) is 5.02 Å². The standard InChI is InChI=1S/C14H19ClFNO2/c1-13(2,11-4-3-10(16)5-12(11)15)17-6-14(7-18)8-19-9-14/h3-5,17-18H,6-9H2,1-2H3. The Balaban J connectivity index is 2.09. The first-order chi connectivity index (χ1) is 8.88. The van der Waals surface area contributed by atoms with Crippen LogP contribution in [0.3, 0.4) is 0 Å². The van der Waals surface area contributed by atoms with Crippen molar-refractivity contribution < 1.29 is 14.2 Å². The van der Waals surface area contributed by atoms with Gasteiger partial charge in [0, 0.05) is 17.1 Å². The van der Waals surface area contributed by atoms with Crippen LogP contribution in [-0.4, -0.2) is 31.5 Å². The molecule has 0 radical (unpaired) electrons. The van der Waals surface area contributed by atoms with Gasteiger partial charge in [-0.15, -0.1) is 0 Å². The molecular formula is C14H19ClFNO2.